The monoisotopic (exact) mass is 323 g/mol. The lowest BCUT2D eigenvalue weighted by atomic mass is 10.2. The van der Waals surface area contributed by atoms with E-state index in [9.17, 15) is 9.59 Å². The van der Waals surface area contributed by atoms with Gasteiger partial charge in [0.15, 0.2) is 18.1 Å². The first-order valence-electron chi connectivity index (χ1n) is 7.41. The van der Waals surface area contributed by atoms with E-state index < -0.39 is 5.91 Å². The Morgan fingerprint density at radius 3 is 2.65 bits per heavy atom. The topological polar surface area (TPSA) is 103 Å². The molecule has 0 bridgehead atoms. The first kappa shape index (κ1) is 17.0. The van der Waals surface area contributed by atoms with E-state index in [1.807, 2.05) is 6.92 Å². The Balaban J connectivity index is 2.03. The second kappa shape index (κ2) is 8.35. The third-order valence-electron chi connectivity index (χ3n) is 3.35. The molecule has 3 N–H and O–H groups in total. The maximum absolute atomic E-state index is 12.1. The number of nitrogens with two attached hydrogens (primary N) is 1. The first-order chi connectivity index (χ1) is 11.2. The van der Waals surface area contributed by atoms with Gasteiger partial charge in [0.1, 0.15) is 0 Å². The van der Waals surface area contributed by atoms with Crippen LogP contribution in [0.5, 0.6) is 11.5 Å². The Bertz CT molecular complexity index is 558. The number of ether oxygens (including phenoxy) is 3. The summed E-state index contributed by atoms with van der Waals surface area (Å²) in [5.41, 5.74) is 2.41. The van der Waals surface area contributed by atoms with Gasteiger partial charge in [-0.25, -0.2) is 5.84 Å². The van der Waals surface area contributed by atoms with Gasteiger partial charge in [-0.15, -0.1) is 0 Å². The zero-order valence-electron chi connectivity index (χ0n) is 13.0. The molecular formula is C15H21N3O5. The average Bonchev–Trinajstić information content (AvgIpc) is 2.60. The molecule has 2 amide bonds. The average molecular weight is 323 g/mol. The van der Waals surface area contributed by atoms with E-state index in [1.165, 1.54) is 6.07 Å². The van der Waals surface area contributed by atoms with Gasteiger partial charge in [0, 0.05) is 18.7 Å². The Morgan fingerprint density at radius 1 is 1.26 bits per heavy atom. The van der Waals surface area contributed by atoms with Crippen LogP contribution in [-0.2, 0) is 9.53 Å². The molecule has 0 aliphatic carbocycles. The molecule has 1 fully saturated rings. The van der Waals surface area contributed by atoms with Crippen molar-refractivity contribution in [3.63, 3.8) is 0 Å². The highest BCUT2D eigenvalue weighted by atomic mass is 16.5. The number of morpholine rings is 1. The van der Waals surface area contributed by atoms with E-state index in [-0.39, 0.29) is 12.5 Å². The SMILES string of the molecule is CCOc1cc(C(=O)NN)ccc1OCC(=O)N1CCOCC1. The van der Waals surface area contributed by atoms with Gasteiger partial charge in [0.2, 0.25) is 0 Å². The van der Waals surface area contributed by atoms with E-state index in [1.54, 1.807) is 17.0 Å². The summed E-state index contributed by atoms with van der Waals surface area (Å²) in [5.74, 6) is 5.37. The number of nitrogens with one attached hydrogen (secondary N) is 1. The zero-order chi connectivity index (χ0) is 16.7. The molecule has 0 radical (unpaired) electrons. The molecule has 8 nitrogen and oxygen atoms in total. The lowest BCUT2D eigenvalue weighted by molar-refractivity contribution is -0.137. The van der Waals surface area contributed by atoms with Crippen molar-refractivity contribution in [2.45, 2.75) is 6.92 Å². The zero-order valence-corrected chi connectivity index (χ0v) is 13.0. The van der Waals surface area contributed by atoms with E-state index >= 15 is 0 Å². The number of benzene rings is 1. The predicted molar refractivity (Wildman–Crippen MR) is 82.2 cm³/mol. The van der Waals surface area contributed by atoms with Crippen molar-refractivity contribution in [1.29, 1.82) is 0 Å². The van der Waals surface area contributed by atoms with Crippen LogP contribution >= 0.6 is 0 Å². The molecule has 126 valence electrons. The van der Waals surface area contributed by atoms with E-state index in [4.69, 9.17) is 20.1 Å². The van der Waals surface area contributed by atoms with Crippen LogP contribution in [0.25, 0.3) is 0 Å². The fraction of sp³-hybridized carbons (Fsp3) is 0.467. The van der Waals surface area contributed by atoms with Gasteiger partial charge in [0.25, 0.3) is 11.8 Å². The highest BCUT2D eigenvalue weighted by Crippen LogP contribution is 2.28. The van der Waals surface area contributed by atoms with Gasteiger partial charge in [-0.3, -0.25) is 15.0 Å². The quantitative estimate of drug-likeness (QED) is 0.431. The molecule has 0 saturated carbocycles. The van der Waals surface area contributed by atoms with Crippen LogP contribution in [0.4, 0.5) is 0 Å². The van der Waals surface area contributed by atoms with Gasteiger partial charge < -0.3 is 19.1 Å². The molecule has 1 aromatic rings. The van der Waals surface area contributed by atoms with Gasteiger partial charge in [0.05, 0.1) is 19.8 Å². The molecular weight excluding hydrogens is 302 g/mol. The van der Waals surface area contributed by atoms with Crippen molar-refractivity contribution in [2.75, 3.05) is 39.5 Å². The number of nitrogen functional groups attached to an aromatic ring is 1. The largest absolute Gasteiger partial charge is 0.490 e. The van der Waals surface area contributed by atoms with Crippen LogP contribution in [0.1, 0.15) is 17.3 Å². The lowest BCUT2D eigenvalue weighted by Crippen LogP contribution is -2.43. The van der Waals surface area contributed by atoms with Crippen LogP contribution in [-0.4, -0.2) is 56.2 Å². The summed E-state index contributed by atoms with van der Waals surface area (Å²) < 4.78 is 16.2. The number of hydrogen-bond acceptors (Lipinski definition) is 6. The Kier molecular flexibility index (Phi) is 6.19. The Morgan fingerprint density at radius 2 is 2.00 bits per heavy atom. The van der Waals surface area contributed by atoms with Gasteiger partial charge >= 0.3 is 0 Å². The Labute approximate surface area is 134 Å². The van der Waals surface area contributed by atoms with Crippen molar-refractivity contribution in [3.8, 4) is 11.5 Å². The highest BCUT2D eigenvalue weighted by Gasteiger charge is 2.18. The minimum absolute atomic E-state index is 0.0947. The predicted octanol–water partition coefficient (Wildman–Crippen LogP) is -0.0736. The minimum atomic E-state index is -0.429. The third-order valence-corrected chi connectivity index (χ3v) is 3.35. The molecule has 1 saturated heterocycles. The second-order valence-corrected chi connectivity index (χ2v) is 4.85. The fourth-order valence-electron chi connectivity index (χ4n) is 2.16. The van der Waals surface area contributed by atoms with Gasteiger partial charge in [-0.05, 0) is 25.1 Å². The highest BCUT2D eigenvalue weighted by molar-refractivity contribution is 5.94. The maximum atomic E-state index is 12.1. The Hall–Kier alpha value is -2.32. The fourth-order valence-corrected chi connectivity index (χ4v) is 2.16. The van der Waals surface area contributed by atoms with Crippen LogP contribution in [0, 0.1) is 0 Å². The maximum Gasteiger partial charge on any atom is 0.265 e. The summed E-state index contributed by atoms with van der Waals surface area (Å²) in [6, 6.07) is 4.67. The molecule has 0 unspecified atom stereocenters. The summed E-state index contributed by atoms with van der Waals surface area (Å²) in [5, 5.41) is 0. The molecule has 1 heterocycles. The van der Waals surface area contributed by atoms with Crippen molar-refractivity contribution in [2.24, 2.45) is 5.84 Å². The summed E-state index contributed by atoms with van der Waals surface area (Å²) in [4.78, 5) is 25.3. The molecule has 0 atom stereocenters. The number of nitrogens with zero attached hydrogens (tertiary/aromatic N) is 1. The molecule has 1 aliphatic rings. The van der Waals surface area contributed by atoms with Crippen LogP contribution in [0.3, 0.4) is 0 Å². The number of amides is 2. The molecule has 1 aliphatic heterocycles. The van der Waals surface area contributed by atoms with E-state index in [2.05, 4.69) is 5.43 Å². The number of carbonyl (C=O) groups excluding carboxylic acids is 2. The summed E-state index contributed by atoms with van der Waals surface area (Å²) in [6.45, 7) is 4.34. The molecule has 1 aromatic carbocycles. The first-order valence-corrected chi connectivity index (χ1v) is 7.41. The number of carbonyl (C=O) groups is 2. The van der Waals surface area contributed by atoms with Crippen molar-refractivity contribution >= 4 is 11.8 Å². The summed E-state index contributed by atoms with van der Waals surface area (Å²) in [6.07, 6.45) is 0. The van der Waals surface area contributed by atoms with Gasteiger partial charge in [-0.2, -0.15) is 0 Å². The molecule has 23 heavy (non-hydrogen) atoms. The van der Waals surface area contributed by atoms with Crippen LogP contribution < -0.4 is 20.7 Å². The summed E-state index contributed by atoms with van der Waals surface area (Å²) >= 11 is 0. The third kappa shape index (κ3) is 4.57. The molecule has 8 heteroatoms. The van der Waals surface area contributed by atoms with E-state index in [0.717, 1.165) is 0 Å². The normalized spacial score (nSPS) is 14.3. The minimum Gasteiger partial charge on any atom is -0.490 e. The number of rotatable bonds is 6. The molecule has 2 rings (SSSR count). The lowest BCUT2D eigenvalue weighted by Gasteiger charge is -2.26. The number of hydrogen-bond donors (Lipinski definition) is 2. The second-order valence-electron chi connectivity index (χ2n) is 4.85. The van der Waals surface area contributed by atoms with Crippen LogP contribution in [0.15, 0.2) is 18.2 Å². The molecule has 0 spiro atoms. The van der Waals surface area contributed by atoms with Crippen LogP contribution in [0.2, 0.25) is 0 Å². The van der Waals surface area contributed by atoms with Crippen molar-refractivity contribution in [3.05, 3.63) is 23.8 Å². The van der Waals surface area contributed by atoms with E-state index in [0.29, 0.717) is 50.0 Å². The van der Waals surface area contributed by atoms with Gasteiger partial charge in [-0.1, -0.05) is 0 Å². The summed E-state index contributed by atoms with van der Waals surface area (Å²) in [7, 11) is 0. The number of hydrazine groups is 1. The van der Waals surface area contributed by atoms with Crippen molar-refractivity contribution in [1.82, 2.24) is 10.3 Å². The smallest absolute Gasteiger partial charge is 0.265 e. The standard InChI is InChI=1S/C15H21N3O5/c1-2-22-13-9-11(15(20)17-16)3-4-12(13)23-10-14(19)18-5-7-21-8-6-18/h3-4,9H,2,5-8,10,16H2,1H3,(H,17,20). The van der Waals surface area contributed by atoms with Crippen molar-refractivity contribution < 1.29 is 23.8 Å². The molecule has 0 aromatic heterocycles.